The second-order valence-corrected chi connectivity index (χ2v) is 7.54. The fourth-order valence-electron chi connectivity index (χ4n) is 4.17. The van der Waals surface area contributed by atoms with Gasteiger partial charge in [0, 0.05) is 21.9 Å². The normalized spacial score (nSPS) is 11.6. The van der Waals surface area contributed by atoms with Gasteiger partial charge in [-0.25, -0.2) is 9.59 Å². The molecule has 0 spiro atoms. The van der Waals surface area contributed by atoms with Crippen molar-refractivity contribution in [3.8, 4) is 0 Å². The molecule has 0 bridgehead atoms. The zero-order valence-electron chi connectivity index (χ0n) is 17.4. The maximum atomic E-state index is 12.6. The van der Waals surface area contributed by atoms with Gasteiger partial charge in [-0.1, -0.05) is 53.4 Å². The van der Waals surface area contributed by atoms with Crippen LogP contribution >= 0.6 is 0 Å². The van der Waals surface area contributed by atoms with Crippen LogP contribution in [0.3, 0.4) is 0 Å². The molecule has 0 fully saturated rings. The van der Waals surface area contributed by atoms with E-state index >= 15 is 0 Å². The van der Waals surface area contributed by atoms with Crippen LogP contribution in [0.5, 0.6) is 0 Å². The second-order valence-electron chi connectivity index (χ2n) is 7.54. The molecule has 28 heavy (non-hydrogen) atoms. The van der Waals surface area contributed by atoms with Crippen molar-refractivity contribution in [1.29, 1.82) is 0 Å². The number of hydrogen-bond acceptors (Lipinski definition) is 4. The monoisotopic (exact) mass is 382 g/mol. The maximum Gasteiger partial charge on any atom is 0.339 e. The minimum Gasteiger partial charge on any atom is -0.422 e. The van der Waals surface area contributed by atoms with Crippen LogP contribution in [0.1, 0.15) is 75.6 Å². The van der Waals surface area contributed by atoms with Crippen LogP contribution in [0.4, 0.5) is 0 Å². The summed E-state index contributed by atoms with van der Waals surface area (Å²) in [6, 6.07) is 3.82. The lowest BCUT2D eigenvalue weighted by Gasteiger charge is -2.14. The molecule has 2 heterocycles. The molecular weight excluding hydrogens is 352 g/mol. The van der Waals surface area contributed by atoms with Gasteiger partial charge in [-0.2, -0.15) is 0 Å². The highest BCUT2D eigenvalue weighted by Crippen LogP contribution is 2.30. The highest BCUT2D eigenvalue weighted by Gasteiger charge is 2.18. The first-order valence-electron chi connectivity index (χ1n) is 10.6. The van der Waals surface area contributed by atoms with Crippen LogP contribution in [-0.4, -0.2) is 0 Å². The Bertz CT molecular complexity index is 1010. The van der Waals surface area contributed by atoms with Gasteiger partial charge in [-0.3, -0.25) is 0 Å². The van der Waals surface area contributed by atoms with E-state index in [1.807, 2.05) is 12.1 Å². The molecule has 0 saturated heterocycles. The Balaban J connectivity index is 2.42. The number of benzene rings is 1. The third-order valence-corrected chi connectivity index (χ3v) is 5.36. The first-order valence-corrected chi connectivity index (χ1v) is 10.6. The van der Waals surface area contributed by atoms with Crippen molar-refractivity contribution in [3.05, 3.63) is 55.2 Å². The van der Waals surface area contributed by atoms with Gasteiger partial charge < -0.3 is 8.83 Å². The van der Waals surface area contributed by atoms with Gasteiger partial charge in [0.25, 0.3) is 0 Å². The number of aryl methyl sites for hydroxylation is 2. The zero-order valence-corrected chi connectivity index (χ0v) is 17.4. The van der Waals surface area contributed by atoms with E-state index in [2.05, 4.69) is 27.7 Å². The van der Waals surface area contributed by atoms with E-state index in [1.165, 1.54) is 0 Å². The van der Waals surface area contributed by atoms with Crippen LogP contribution in [0.15, 0.2) is 30.6 Å². The van der Waals surface area contributed by atoms with E-state index in [9.17, 15) is 9.59 Å². The zero-order chi connectivity index (χ0) is 20.3. The fourth-order valence-corrected chi connectivity index (χ4v) is 4.17. The van der Waals surface area contributed by atoms with E-state index in [0.29, 0.717) is 24.0 Å². The predicted molar refractivity (Wildman–Crippen MR) is 115 cm³/mol. The molecule has 0 aliphatic carbocycles. The minimum absolute atomic E-state index is 0.236. The summed E-state index contributed by atoms with van der Waals surface area (Å²) in [5.74, 6) is 0. The highest BCUT2D eigenvalue weighted by atomic mass is 16.4. The standard InChI is InChI=1S/C24H30O4/c1-5-9-15-17(11-7-3)23(25)27-21-14-20-16(10-6-2)18(12-8-4)24(26)28-22(20)13-19(15)21/h13-14H,5-12H2,1-4H3. The Morgan fingerprint density at radius 3 is 1.21 bits per heavy atom. The van der Waals surface area contributed by atoms with E-state index in [4.69, 9.17) is 8.83 Å². The topological polar surface area (TPSA) is 60.4 Å². The Morgan fingerprint density at radius 1 is 0.571 bits per heavy atom. The van der Waals surface area contributed by atoms with E-state index in [-0.39, 0.29) is 11.3 Å². The van der Waals surface area contributed by atoms with Gasteiger partial charge >= 0.3 is 11.3 Å². The third kappa shape index (κ3) is 3.65. The quantitative estimate of drug-likeness (QED) is 0.370. The van der Waals surface area contributed by atoms with E-state index < -0.39 is 0 Å². The number of hydrogen-bond donors (Lipinski definition) is 0. The lowest BCUT2D eigenvalue weighted by molar-refractivity contribution is 0.538. The molecule has 0 atom stereocenters. The van der Waals surface area contributed by atoms with Crippen molar-refractivity contribution in [2.75, 3.05) is 0 Å². The van der Waals surface area contributed by atoms with Crippen LogP contribution < -0.4 is 11.3 Å². The first-order chi connectivity index (χ1) is 13.5. The predicted octanol–water partition coefficient (Wildman–Crippen LogP) is 5.71. The molecule has 2 aromatic heterocycles. The third-order valence-electron chi connectivity index (χ3n) is 5.36. The highest BCUT2D eigenvalue weighted by molar-refractivity contribution is 5.96. The van der Waals surface area contributed by atoms with Gasteiger partial charge in [0.2, 0.25) is 0 Å². The van der Waals surface area contributed by atoms with Crippen LogP contribution in [-0.2, 0) is 25.7 Å². The van der Waals surface area contributed by atoms with Crippen molar-refractivity contribution in [2.24, 2.45) is 0 Å². The van der Waals surface area contributed by atoms with Gasteiger partial charge in [0.15, 0.2) is 0 Å². The Morgan fingerprint density at radius 2 is 0.893 bits per heavy atom. The van der Waals surface area contributed by atoms with E-state index in [0.717, 1.165) is 71.6 Å². The molecule has 3 aromatic rings. The van der Waals surface area contributed by atoms with Crippen molar-refractivity contribution in [2.45, 2.75) is 79.1 Å². The molecule has 0 amide bonds. The SMILES string of the molecule is CCCc1c(CCC)c2cc3oc(=O)c(CCC)c(CCC)c3cc2oc1=O. The molecule has 150 valence electrons. The van der Waals surface area contributed by atoms with Crippen LogP contribution in [0, 0.1) is 0 Å². The number of rotatable bonds is 8. The molecule has 0 N–H and O–H groups in total. The summed E-state index contributed by atoms with van der Waals surface area (Å²) in [6.45, 7) is 8.33. The first kappa shape index (κ1) is 20.4. The van der Waals surface area contributed by atoms with Crippen LogP contribution in [0.25, 0.3) is 21.9 Å². The summed E-state index contributed by atoms with van der Waals surface area (Å²) in [5, 5.41) is 1.79. The van der Waals surface area contributed by atoms with Crippen LogP contribution in [0.2, 0.25) is 0 Å². The molecule has 3 rings (SSSR count). The summed E-state index contributed by atoms with van der Waals surface area (Å²) in [5.41, 5.74) is 4.30. The fraction of sp³-hybridized carbons (Fsp3) is 0.500. The Labute approximate surface area is 165 Å². The summed E-state index contributed by atoms with van der Waals surface area (Å²) >= 11 is 0. The van der Waals surface area contributed by atoms with E-state index in [1.54, 1.807) is 0 Å². The van der Waals surface area contributed by atoms with Crippen molar-refractivity contribution in [1.82, 2.24) is 0 Å². The molecule has 1 aromatic carbocycles. The summed E-state index contributed by atoms with van der Waals surface area (Å²) in [6.07, 6.45) is 6.67. The molecule has 0 aliphatic heterocycles. The second kappa shape index (κ2) is 8.76. The maximum absolute atomic E-state index is 12.6. The molecule has 4 nitrogen and oxygen atoms in total. The lowest BCUT2D eigenvalue weighted by Crippen LogP contribution is -2.14. The molecule has 0 unspecified atom stereocenters. The van der Waals surface area contributed by atoms with Gasteiger partial charge in [-0.05, 0) is 48.9 Å². The Hall–Kier alpha value is -2.36. The summed E-state index contributed by atoms with van der Waals surface area (Å²) in [4.78, 5) is 25.3. The van der Waals surface area contributed by atoms with Gasteiger partial charge in [0.1, 0.15) is 11.2 Å². The lowest BCUT2D eigenvalue weighted by atomic mass is 9.94. The minimum atomic E-state index is -0.236. The number of fused-ring (bicyclic) bond motifs is 2. The average Bonchev–Trinajstić information content (AvgIpc) is 2.67. The van der Waals surface area contributed by atoms with Gasteiger partial charge in [0.05, 0.1) is 0 Å². The van der Waals surface area contributed by atoms with Gasteiger partial charge in [-0.15, -0.1) is 0 Å². The molecule has 0 radical (unpaired) electrons. The van der Waals surface area contributed by atoms with Crippen molar-refractivity contribution >= 4 is 21.9 Å². The Kier molecular flexibility index (Phi) is 6.38. The summed E-state index contributed by atoms with van der Waals surface area (Å²) in [7, 11) is 0. The largest absolute Gasteiger partial charge is 0.422 e. The van der Waals surface area contributed by atoms with Crippen molar-refractivity contribution < 1.29 is 8.83 Å². The van der Waals surface area contributed by atoms with Crippen molar-refractivity contribution in [3.63, 3.8) is 0 Å². The molecule has 0 aliphatic rings. The molecule has 0 saturated carbocycles. The molecular formula is C24H30O4. The average molecular weight is 383 g/mol. The molecule has 4 heteroatoms. The smallest absolute Gasteiger partial charge is 0.339 e. The summed E-state index contributed by atoms with van der Waals surface area (Å²) < 4.78 is 11.5.